The van der Waals surface area contributed by atoms with Crippen molar-refractivity contribution < 1.29 is 14.7 Å². The molecule has 0 unspecified atom stereocenters. The summed E-state index contributed by atoms with van der Waals surface area (Å²) in [7, 11) is 1.86. The minimum absolute atomic E-state index is 0.0199. The normalized spacial score (nSPS) is 19.8. The summed E-state index contributed by atoms with van der Waals surface area (Å²) < 4.78 is 0. The molecule has 0 aliphatic carbocycles. The van der Waals surface area contributed by atoms with Crippen molar-refractivity contribution in [1.82, 2.24) is 9.80 Å². The summed E-state index contributed by atoms with van der Waals surface area (Å²) in [5.41, 5.74) is 0.346. The number of carbonyl (C=O) groups excluding carboxylic acids is 2. The largest absolute Gasteiger partial charge is 0.507 e. The van der Waals surface area contributed by atoms with E-state index >= 15 is 0 Å². The molecular formula is C19H20N2O3S. The maximum atomic E-state index is 12.9. The van der Waals surface area contributed by atoms with Gasteiger partial charge in [0.1, 0.15) is 5.75 Å². The lowest BCUT2D eigenvalue weighted by molar-refractivity contribution is -0.129. The smallest absolute Gasteiger partial charge is 0.257 e. The molecule has 0 atom stereocenters. The van der Waals surface area contributed by atoms with Crippen molar-refractivity contribution in [2.75, 3.05) is 25.9 Å². The van der Waals surface area contributed by atoms with Gasteiger partial charge in [-0.2, -0.15) is 0 Å². The first-order valence-corrected chi connectivity index (χ1v) is 9.40. The van der Waals surface area contributed by atoms with Crippen LogP contribution in [0, 0.1) is 0 Å². The molecular weight excluding hydrogens is 336 g/mol. The van der Waals surface area contributed by atoms with Crippen molar-refractivity contribution >= 4 is 34.3 Å². The van der Waals surface area contributed by atoms with Crippen LogP contribution in [-0.2, 0) is 4.79 Å². The van der Waals surface area contributed by atoms with Crippen molar-refractivity contribution in [3.8, 4) is 5.75 Å². The number of thioether (sulfide) groups is 1. The van der Waals surface area contributed by atoms with Crippen LogP contribution in [0.5, 0.6) is 5.75 Å². The van der Waals surface area contributed by atoms with Crippen LogP contribution in [0.3, 0.4) is 0 Å². The zero-order valence-electron chi connectivity index (χ0n) is 14.1. The van der Waals surface area contributed by atoms with E-state index in [0.29, 0.717) is 24.4 Å². The van der Waals surface area contributed by atoms with Gasteiger partial charge in [-0.1, -0.05) is 24.3 Å². The monoisotopic (exact) mass is 356 g/mol. The molecule has 2 heterocycles. The third-order valence-corrected chi connectivity index (χ3v) is 6.99. The Morgan fingerprint density at radius 2 is 1.80 bits per heavy atom. The topological polar surface area (TPSA) is 60.9 Å². The van der Waals surface area contributed by atoms with Gasteiger partial charge < -0.3 is 14.9 Å². The van der Waals surface area contributed by atoms with E-state index in [2.05, 4.69) is 0 Å². The fraction of sp³-hybridized carbons (Fsp3) is 0.368. The minimum atomic E-state index is -0.167. The third-order valence-electron chi connectivity index (χ3n) is 5.38. The van der Waals surface area contributed by atoms with E-state index in [4.69, 9.17) is 0 Å². The molecule has 0 bridgehead atoms. The number of phenolic OH excluding ortho intramolecular Hbond substituents is 1. The summed E-state index contributed by atoms with van der Waals surface area (Å²) in [5.74, 6) is 0.564. The number of hydrogen-bond acceptors (Lipinski definition) is 4. The summed E-state index contributed by atoms with van der Waals surface area (Å²) in [6.45, 7) is 1.19. The van der Waals surface area contributed by atoms with Gasteiger partial charge >= 0.3 is 0 Å². The second-order valence-corrected chi connectivity index (χ2v) is 8.03. The number of piperidine rings is 1. The second kappa shape index (κ2) is 5.95. The molecule has 4 rings (SSSR count). The van der Waals surface area contributed by atoms with Gasteiger partial charge in [0.2, 0.25) is 5.91 Å². The number of fused-ring (bicyclic) bond motifs is 1. The number of nitrogens with zero attached hydrogens (tertiary/aromatic N) is 2. The van der Waals surface area contributed by atoms with E-state index in [9.17, 15) is 14.7 Å². The van der Waals surface area contributed by atoms with Crippen LogP contribution in [0.1, 0.15) is 23.2 Å². The van der Waals surface area contributed by atoms with Gasteiger partial charge in [-0.15, -0.1) is 11.8 Å². The van der Waals surface area contributed by atoms with Crippen molar-refractivity contribution in [2.45, 2.75) is 17.7 Å². The maximum Gasteiger partial charge on any atom is 0.257 e. The molecule has 0 aromatic heterocycles. The maximum absolute atomic E-state index is 12.9. The van der Waals surface area contributed by atoms with Gasteiger partial charge in [0.25, 0.3) is 5.91 Å². The molecule has 1 N–H and O–H groups in total. The average Bonchev–Trinajstić information content (AvgIpc) is 2.90. The fourth-order valence-electron chi connectivity index (χ4n) is 3.73. The number of benzene rings is 2. The van der Waals surface area contributed by atoms with Gasteiger partial charge in [0.05, 0.1) is 16.2 Å². The molecule has 0 radical (unpaired) electrons. The highest BCUT2D eigenvalue weighted by atomic mass is 32.2. The lowest BCUT2D eigenvalue weighted by atomic mass is 10.0. The number of hydrogen-bond donors (Lipinski definition) is 1. The number of likely N-dealkylation sites (tertiary alicyclic amines) is 1. The molecule has 130 valence electrons. The number of amides is 2. The van der Waals surface area contributed by atoms with E-state index in [1.807, 2.05) is 36.2 Å². The Morgan fingerprint density at radius 3 is 2.40 bits per heavy atom. The number of carbonyl (C=O) groups is 2. The van der Waals surface area contributed by atoms with E-state index in [-0.39, 0.29) is 22.4 Å². The van der Waals surface area contributed by atoms with E-state index in [1.165, 1.54) is 0 Å². The van der Waals surface area contributed by atoms with Gasteiger partial charge in [-0.05, 0) is 35.7 Å². The predicted octanol–water partition coefficient (Wildman–Crippen LogP) is 2.68. The van der Waals surface area contributed by atoms with Crippen LogP contribution >= 0.6 is 11.8 Å². The van der Waals surface area contributed by atoms with Crippen LogP contribution < -0.4 is 0 Å². The quantitative estimate of drug-likeness (QED) is 0.853. The summed E-state index contributed by atoms with van der Waals surface area (Å²) in [6.07, 6.45) is 1.53. The SMILES string of the molecule is CN1C(=O)CSC12CCN(C(=O)c1cc3ccccc3cc1O)CC2. The molecule has 2 aliphatic heterocycles. The summed E-state index contributed by atoms with van der Waals surface area (Å²) >= 11 is 1.69. The average molecular weight is 356 g/mol. The highest BCUT2D eigenvalue weighted by Gasteiger charge is 2.46. The van der Waals surface area contributed by atoms with Gasteiger partial charge in [0, 0.05) is 20.1 Å². The molecule has 0 saturated carbocycles. The van der Waals surface area contributed by atoms with Crippen molar-refractivity contribution in [1.29, 1.82) is 0 Å². The Kier molecular flexibility index (Phi) is 3.87. The molecule has 2 aromatic rings. The summed E-state index contributed by atoms with van der Waals surface area (Å²) in [4.78, 5) is 28.2. The van der Waals surface area contributed by atoms with Crippen molar-refractivity contribution in [2.24, 2.45) is 0 Å². The van der Waals surface area contributed by atoms with Crippen LogP contribution in [0.2, 0.25) is 0 Å². The Hall–Kier alpha value is -2.21. The predicted molar refractivity (Wildman–Crippen MR) is 98.7 cm³/mol. The Bertz CT molecular complexity index is 859. The van der Waals surface area contributed by atoms with Gasteiger partial charge in [-0.25, -0.2) is 0 Å². The number of phenols is 1. The van der Waals surface area contributed by atoms with Crippen LogP contribution in [0.4, 0.5) is 0 Å². The zero-order chi connectivity index (χ0) is 17.6. The number of aromatic hydroxyl groups is 1. The molecule has 2 fully saturated rings. The van der Waals surface area contributed by atoms with Gasteiger partial charge in [0.15, 0.2) is 0 Å². The van der Waals surface area contributed by atoms with Crippen molar-refractivity contribution in [3.05, 3.63) is 42.0 Å². The zero-order valence-corrected chi connectivity index (χ0v) is 14.9. The van der Waals surface area contributed by atoms with Gasteiger partial charge in [-0.3, -0.25) is 9.59 Å². The highest BCUT2D eigenvalue weighted by molar-refractivity contribution is 8.01. The first kappa shape index (κ1) is 16.3. The molecule has 25 heavy (non-hydrogen) atoms. The molecule has 6 heteroatoms. The molecule has 2 aliphatic rings. The molecule has 5 nitrogen and oxygen atoms in total. The molecule has 2 aromatic carbocycles. The van der Waals surface area contributed by atoms with Crippen molar-refractivity contribution in [3.63, 3.8) is 0 Å². The summed E-state index contributed by atoms with van der Waals surface area (Å²) in [6, 6.07) is 11.1. The first-order chi connectivity index (χ1) is 12.0. The van der Waals surface area contributed by atoms with E-state index in [0.717, 1.165) is 23.6 Å². The molecule has 2 saturated heterocycles. The first-order valence-electron chi connectivity index (χ1n) is 8.42. The fourth-order valence-corrected chi connectivity index (χ4v) is 5.08. The minimum Gasteiger partial charge on any atom is -0.507 e. The lowest BCUT2D eigenvalue weighted by Gasteiger charge is -2.42. The Balaban J connectivity index is 1.55. The number of rotatable bonds is 1. The lowest BCUT2D eigenvalue weighted by Crippen LogP contribution is -2.51. The van der Waals surface area contributed by atoms with Crippen LogP contribution in [0.25, 0.3) is 10.8 Å². The Morgan fingerprint density at radius 1 is 1.16 bits per heavy atom. The molecule has 1 spiro atoms. The van der Waals surface area contributed by atoms with E-state index in [1.54, 1.807) is 28.8 Å². The highest BCUT2D eigenvalue weighted by Crippen LogP contribution is 2.43. The second-order valence-electron chi connectivity index (χ2n) is 6.70. The van der Waals surface area contributed by atoms with Crippen LogP contribution in [0.15, 0.2) is 36.4 Å². The third kappa shape index (κ3) is 2.65. The standard InChI is InChI=1S/C19H20N2O3S/c1-20-17(23)12-25-19(20)6-8-21(9-7-19)18(24)15-10-13-4-2-3-5-14(13)11-16(15)22/h2-5,10-11,22H,6-9,12H2,1H3. The van der Waals surface area contributed by atoms with E-state index < -0.39 is 0 Å². The summed E-state index contributed by atoms with van der Waals surface area (Å²) in [5, 5.41) is 12.1. The molecule has 2 amide bonds. The Labute approximate surface area is 150 Å². The van der Waals surface area contributed by atoms with Crippen LogP contribution in [-0.4, -0.2) is 57.5 Å².